The Bertz CT molecular complexity index is 1280. The molecule has 0 spiro atoms. The van der Waals surface area contributed by atoms with Crippen molar-refractivity contribution >= 4 is 28.8 Å². The van der Waals surface area contributed by atoms with E-state index >= 15 is 0 Å². The molecule has 168 valence electrons. The van der Waals surface area contributed by atoms with Crippen molar-refractivity contribution in [3.8, 4) is 0 Å². The molecule has 4 nitrogen and oxygen atoms in total. The Balaban J connectivity index is 1.82. The van der Waals surface area contributed by atoms with Crippen LogP contribution in [0.5, 0.6) is 0 Å². The molecule has 0 aliphatic carbocycles. The molecule has 1 N–H and O–H groups in total. The average molecular weight is 443 g/mol. The first-order chi connectivity index (χ1) is 15.6. The van der Waals surface area contributed by atoms with E-state index in [4.69, 9.17) is 0 Å². The number of nitrogens with zero attached hydrogens (tertiary/aromatic N) is 1. The van der Waals surface area contributed by atoms with Crippen LogP contribution in [-0.4, -0.2) is 11.8 Å². The molecule has 0 saturated heterocycles. The van der Waals surface area contributed by atoms with Crippen LogP contribution in [0.25, 0.3) is 5.57 Å². The molecule has 0 aromatic heterocycles. The molecule has 0 radical (unpaired) electrons. The van der Waals surface area contributed by atoms with Gasteiger partial charge in [-0.15, -0.1) is 0 Å². The van der Waals surface area contributed by atoms with Gasteiger partial charge in [-0.25, -0.2) is 9.29 Å². The number of hydrogen-bond donors (Lipinski definition) is 1. The van der Waals surface area contributed by atoms with E-state index < -0.39 is 17.6 Å². The van der Waals surface area contributed by atoms with Crippen LogP contribution in [0.2, 0.25) is 0 Å². The molecule has 1 heterocycles. The van der Waals surface area contributed by atoms with Crippen molar-refractivity contribution in [2.75, 3.05) is 10.2 Å². The lowest BCUT2D eigenvalue weighted by Crippen LogP contribution is -2.32. The summed E-state index contributed by atoms with van der Waals surface area (Å²) in [6.07, 6.45) is 0. The van der Waals surface area contributed by atoms with Gasteiger partial charge in [0, 0.05) is 5.69 Å². The van der Waals surface area contributed by atoms with E-state index in [0.717, 1.165) is 21.6 Å². The first kappa shape index (κ1) is 22.5. The maximum absolute atomic E-state index is 13.9. The number of hydrogen-bond acceptors (Lipinski definition) is 3. The van der Waals surface area contributed by atoms with Gasteiger partial charge in [0.2, 0.25) is 0 Å². The van der Waals surface area contributed by atoms with E-state index in [1.807, 2.05) is 56.3 Å². The number of nitrogens with one attached hydrogen (secondary N) is 1. The number of imide groups is 1. The third-order valence-electron chi connectivity index (χ3n) is 5.82. The maximum atomic E-state index is 13.9. The second-order valence-corrected chi connectivity index (χ2v) is 9.45. The zero-order valence-corrected chi connectivity index (χ0v) is 19.5. The quantitative estimate of drug-likeness (QED) is 0.494. The molecular weight excluding hydrogens is 415 g/mol. The Morgan fingerprint density at radius 3 is 2.15 bits per heavy atom. The largest absolute Gasteiger partial charge is 0.350 e. The molecule has 4 rings (SSSR count). The minimum atomic E-state index is -0.514. The standard InChI is InChI=1S/C28H27FN2O2/c1-17-9-14-23(18(2)15-17)24-25(30-21-12-10-19(11-13-21)28(3,4)5)27(33)31(26(24)32)22-8-6-7-20(29)16-22/h6-16,30H,1-5H3. The van der Waals surface area contributed by atoms with Crippen molar-refractivity contribution in [2.45, 2.75) is 40.0 Å². The van der Waals surface area contributed by atoms with Crippen LogP contribution >= 0.6 is 0 Å². The fourth-order valence-corrected chi connectivity index (χ4v) is 4.04. The topological polar surface area (TPSA) is 49.4 Å². The molecular formula is C28H27FN2O2. The highest BCUT2D eigenvalue weighted by Gasteiger charge is 2.40. The molecule has 0 fully saturated rings. The number of amides is 2. The number of carbonyl (C=O) groups excluding carboxylic acids is 2. The summed E-state index contributed by atoms with van der Waals surface area (Å²) in [5.41, 5.74) is 5.13. The zero-order chi connectivity index (χ0) is 23.9. The molecule has 33 heavy (non-hydrogen) atoms. The van der Waals surface area contributed by atoms with E-state index in [1.54, 1.807) is 6.07 Å². The second kappa shape index (κ2) is 8.32. The maximum Gasteiger partial charge on any atom is 0.282 e. The van der Waals surface area contributed by atoms with Gasteiger partial charge in [0.1, 0.15) is 11.5 Å². The summed E-state index contributed by atoms with van der Waals surface area (Å²) in [7, 11) is 0. The van der Waals surface area contributed by atoms with E-state index in [1.165, 1.54) is 18.2 Å². The van der Waals surface area contributed by atoms with Crippen molar-refractivity contribution in [3.05, 3.63) is 100 Å². The van der Waals surface area contributed by atoms with Gasteiger partial charge < -0.3 is 5.32 Å². The predicted octanol–water partition coefficient (Wildman–Crippen LogP) is 6.14. The highest BCUT2D eigenvalue weighted by Crippen LogP contribution is 2.35. The molecule has 5 heteroatoms. The third-order valence-corrected chi connectivity index (χ3v) is 5.82. The number of benzene rings is 3. The number of carbonyl (C=O) groups is 2. The lowest BCUT2D eigenvalue weighted by Gasteiger charge is -2.19. The van der Waals surface area contributed by atoms with Crippen molar-refractivity contribution in [1.82, 2.24) is 0 Å². The van der Waals surface area contributed by atoms with Crippen LogP contribution in [0.3, 0.4) is 0 Å². The summed E-state index contributed by atoms with van der Waals surface area (Å²) >= 11 is 0. The summed E-state index contributed by atoms with van der Waals surface area (Å²) in [5.74, 6) is -1.51. The molecule has 1 aliphatic heterocycles. The highest BCUT2D eigenvalue weighted by atomic mass is 19.1. The Labute approximate surface area is 193 Å². The van der Waals surface area contributed by atoms with Crippen LogP contribution in [-0.2, 0) is 15.0 Å². The Kier molecular flexibility index (Phi) is 5.66. The fourth-order valence-electron chi connectivity index (χ4n) is 4.04. The third kappa shape index (κ3) is 4.31. The summed E-state index contributed by atoms with van der Waals surface area (Å²) in [6.45, 7) is 10.3. The summed E-state index contributed by atoms with van der Waals surface area (Å²) in [5, 5.41) is 3.18. The average Bonchev–Trinajstić information content (AvgIpc) is 2.97. The summed E-state index contributed by atoms with van der Waals surface area (Å²) in [6, 6.07) is 19.1. The molecule has 2 amide bonds. The van der Waals surface area contributed by atoms with Gasteiger partial charge in [-0.2, -0.15) is 0 Å². The lowest BCUT2D eigenvalue weighted by atomic mass is 9.87. The SMILES string of the molecule is Cc1ccc(C2=C(Nc3ccc(C(C)(C)C)cc3)C(=O)N(c3cccc(F)c3)C2=O)c(C)c1. The van der Waals surface area contributed by atoms with Gasteiger partial charge in [-0.05, 0) is 66.3 Å². The van der Waals surface area contributed by atoms with Gasteiger partial charge in [-0.3, -0.25) is 9.59 Å². The Morgan fingerprint density at radius 1 is 0.848 bits per heavy atom. The van der Waals surface area contributed by atoms with Crippen molar-refractivity contribution in [3.63, 3.8) is 0 Å². The molecule has 1 aliphatic rings. The van der Waals surface area contributed by atoms with Crippen LogP contribution in [0.4, 0.5) is 15.8 Å². The zero-order valence-electron chi connectivity index (χ0n) is 19.5. The number of anilines is 2. The van der Waals surface area contributed by atoms with E-state index in [9.17, 15) is 14.0 Å². The van der Waals surface area contributed by atoms with Crippen LogP contribution < -0.4 is 10.2 Å². The molecule has 0 unspecified atom stereocenters. The normalized spacial score (nSPS) is 14.3. The van der Waals surface area contributed by atoms with E-state index in [-0.39, 0.29) is 22.4 Å². The second-order valence-electron chi connectivity index (χ2n) is 9.45. The Hall–Kier alpha value is -3.73. The molecule has 3 aromatic rings. The Morgan fingerprint density at radius 2 is 1.55 bits per heavy atom. The predicted molar refractivity (Wildman–Crippen MR) is 130 cm³/mol. The molecule has 3 aromatic carbocycles. The first-order valence-corrected chi connectivity index (χ1v) is 10.9. The van der Waals surface area contributed by atoms with Crippen LogP contribution in [0.1, 0.15) is 43.0 Å². The summed E-state index contributed by atoms with van der Waals surface area (Å²) in [4.78, 5) is 28.1. The minimum Gasteiger partial charge on any atom is -0.350 e. The molecule has 0 atom stereocenters. The smallest absolute Gasteiger partial charge is 0.282 e. The number of aryl methyl sites for hydroxylation is 2. The van der Waals surface area contributed by atoms with Gasteiger partial charge in [0.25, 0.3) is 11.8 Å². The van der Waals surface area contributed by atoms with Gasteiger partial charge in [-0.1, -0.05) is 62.7 Å². The van der Waals surface area contributed by atoms with Crippen molar-refractivity contribution in [1.29, 1.82) is 0 Å². The van der Waals surface area contributed by atoms with Crippen molar-refractivity contribution in [2.24, 2.45) is 0 Å². The van der Waals surface area contributed by atoms with Crippen molar-refractivity contribution < 1.29 is 14.0 Å². The van der Waals surface area contributed by atoms with E-state index in [2.05, 4.69) is 26.1 Å². The number of halogens is 1. The highest BCUT2D eigenvalue weighted by molar-refractivity contribution is 6.46. The minimum absolute atomic E-state index is 0.00467. The molecule has 0 saturated carbocycles. The van der Waals surface area contributed by atoms with Crippen LogP contribution in [0.15, 0.2) is 72.4 Å². The summed E-state index contributed by atoms with van der Waals surface area (Å²) < 4.78 is 13.9. The van der Waals surface area contributed by atoms with E-state index in [0.29, 0.717) is 11.3 Å². The monoisotopic (exact) mass is 442 g/mol. The van der Waals surface area contributed by atoms with Gasteiger partial charge in [0.15, 0.2) is 0 Å². The molecule has 0 bridgehead atoms. The van der Waals surface area contributed by atoms with Crippen LogP contribution in [0, 0.1) is 19.7 Å². The first-order valence-electron chi connectivity index (χ1n) is 10.9. The van der Waals surface area contributed by atoms with Gasteiger partial charge in [0.05, 0.1) is 11.3 Å². The lowest BCUT2D eigenvalue weighted by molar-refractivity contribution is -0.120. The van der Waals surface area contributed by atoms with Gasteiger partial charge >= 0.3 is 0 Å². The fraction of sp³-hybridized carbons (Fsp3) is 0.214. The number of rotatable bonds is 4.